The van der Waals surface area contributed by atoms with Crippen LogP contribution in [0.25, 0.3) is 0 Å². The van der Waals surface area contributed by atoms with Crippen molar-refractivity contribution in [3.8, 4) is 11.5 Å². The molecule has 2 aliphatic rings. The Bertz CT molecular complexity index is 1470. The van der Waals surface area contributed by atoms with Gasteiger partial charge < -0.3 is 24.0 Å². The Morgan fingerprint density at radius 1 is 0.927 bits per heavy atom. The van der Waals surface area contributed by atoms with Gasteiger partial charge in [-0.05, 0) is 36.4 Å². The van der Waals surface area contributed by atoms with E-state index in [1.54, 1.807) is 7.11 Å². The lowest BCUT2D eigenvalue weighted by atomic mass is 10.1. The van der Waals surface area contributed by atoms with Crippen LogP contribution >= 0.6 is 0 Å². The first-order valence-corrected chi connectivity index (χ1v) is 12.8. The second-order valence-corrected chi connectivity index (χ2v) is 9.48. The predicted molar refractivity (Wildman–Crippen MR) is 145 cm³/mol. The number of esters is 1. The van der Waals surface area contributed by atoms with E-state index in [0.29, 0.717) is 31.9 Å². The van der Waals surface area contributed by atoms with Gasteiger partial charge in [0.05, 0.1) is 25.5 Å². The van der Waals surface area contributed by atoms with E-state index in [1.165, 1.54) is 43.2 Å². The summed E-state index contributed by atoms with van der Waals surface area (Å²) in [6, 6.07) is 14.8. The lowest BCUT2D eigenvalue weighted by molar-refractivity contribution is -0.146. The van der Waals surface area contributed by atoms with Crippen molar-refractivity contribution >= 4 is 29.0 Å². The summed E-state index contributed by atoms with van der Waals surface area (Å²) < 4.78 is 73.0. The Morgan fingerprint density at radius 2 is 1.63 bits per heavy atom. The zero-order chi connectivity index (χ0) is 29.3. The number of carbonyl (C=O) groups excluding carboxylic acids is 1. The highest BCUT2D eigenvalue weighted by Crippen LogP contribution is 2.45. The van der Waals surface area contributed by atoms with E-state index in [0.717, 1.165) is 17.8 Å². The molecule has 0 saturated carbocycles. The largest absolute Gasteiger partial charge is 0.497 e. The molecule has 12 heteroatoms. The van der Waals surface area contributed by atoms with Gasteiger partial charge in [0.15, 0.2) is 0 Å². The lowest BCUT2D eigenvalue weighted by Gasteiger charge is -2.44. The minimum Gasteiger partial charge on any atom is -0.497 e. The first-order chi connectivity index (χ1) is 19.6. The number of ether oxygens (including phenoxy) is 3. The van der Waals surface area contributed by atoms with Crippen LogP contribution < -0.4 is 19.3 Å². The first-order valence-electron chi connectivity index (χ1n) is 12.8. The fourth-order valence-corrected chi connectivity index (χ4v) is 5.00. The molecule has 1 saturated heterocycles. The second kappa shape index (κ2) is 11.2. The highest BCUT2D eigenvalue weighted by Gasteiger charge is 2.41. The number of fused-ring (bicyclic) bond motifs is 1. The molecule has 1 unspecified atom stereocenters. The molecule has 2 heterocycles. The van der Waals surface area contributed by atoms with Gasteiger partial charge in [-0.2, -0.15) is 13.2 Å². The third-order valence-corrected chi connectivity index (χ3v) is 6.97. The number of piperazine rings is 1. The number of methoxy groups -OCH3 is 2. The number of hydrogen-bond donors (Lipinski definition) is 0. The molecule has 3 aromatic rings. The van der Waals surface area contributed by atoms with Gasteiger partial charge in [-0.1, -0.05) is 18.2 Å². The van der Waals surface area contributed by atoms with E-state index in [-0.39, 0.29) is 28.6 Å². The molecule has 0 amide bonds. The summed E-state index contributed by atoms with van der Waals surface area (Å²) in [5.41, 5.74) is 0.129. The highest BCUT2D eigenvalue weighted by molar-refractivity contribution is 6.02. The van der Waals surface area contributed by atoms with Crippen LogP contribution in [-0.2, 0) is 15.7 Å². The molecule has 0 bridgehead atoms. The van der Waals surface area contributed by atoms with Crippen molar-refractivity contribution < 1.29 is 36.6 Å². The molecule has 216 valence electrons. The molecule has 1 atom stereocenters. The van der Waals surface area contributed by atoms with Crippen LogP contribution in [-0.4, -0.2) is 57.2 Å². The summed E-state index contributed by atoms with van der Waals surface area (Å²) >= 11 is 0. The van der Waals surface area contributed by atoms with Crippen molar-refractivity contribution in [2.45, 2.75) is 19.3 Å². The van der Waals surface area contributed by atoms with Gasteiger partial charge in [-0.3, -0.25) is 9.69 Å². The predicted octanol–water partition coefficient (Wildman–Crippen LogP) is 5.75. The molecular formula is C29H28F4N4O4. The van der Waals surface area contributed by atoms with Crippen molar-refractivity contribution in [1.82, 2.24) is 4.90 Å². The zero-order valence-electron chi connectivity index (χ0n) is 22.6. The molecule has 0 aliphatic carbocycles. The fourth-order valence-electron chi connectivity index (χ4n) is 5.00. The maximum Gasteiger partial charge on any atom is 0.416 e. The van der Waals surface area contributed by atoms with Crippen molar-refractivity contribution in [1.29, 1.82) is 0 Å². The van der Waals surface area contributed by atoms with Crippen LogP contribution in [0.15, 0.2) is 65.7 Å². The summed E-state index contributed by atoms with van der Waals surface area (Å²) in [6.45, 7) is 3.03. The summed E-state index contributed by atoms with van der Waals surface area (Å²) in [5, 5.41) is 0. The number of rotatable bonds is 5. The monoisotopic (exact) mass is 572 g/mol. The van der Waals surface area contributed by atoms with Crippen molar-refractivity contribution in [2.75, 3.05) is 50.2 Å². The normalized spacial score (nSPS) is 17.1. The fraction of sp³-hybridized carbons (Fsp3) is 0.310. The smallest absolute Gasteiger partial charge is 0.416 e. The zero-order valence-corrected chi connectivity index (χ0v) is 22.6. The Morgan fingerprint density at radius 3 is 2.29 bits per heavy atom. The number of alkyl halides is 3. The maximum absolute atomic E-state index is 15.1. The van der Waals surface area contributed by atoms with Crippen molar-refractivity contribution in [3.05, 3.63) is 77.6 Å². The highest BCUT2D eigenvalue weighted by atomic mass is 19.4. The summed E-state index contributed by atoms with van der Waals surface area (Å²) in [7, 11) is 2.92. The summed E-state index contributed by atoms with van der Waals surface area (Å²) in [4.78, 5) is 22.2. The number of guanidine groups is 1. The number of aliphatic imine (C=N–C) groups is 1. The number of halogens is 4. The van der Waals surface area contributed by atoms with Gasteiger partial charge in [0.2, 0.25) is 12.2 Å². The Kier molecular flexibility index (Phi) is 7.65. The molecule has 1 fully saturated rings. The van der Waals surface area contributed by atoms with Crippen LogP contribution in [0.5, 0.6) is 11.5 Å². The maximum atomic E-state index is 15.1. The Balaban J connectivity index is 1.60. The van der Waals surface area contributed by atoms with Gasteiger partial charge in [-0.25, -0.2) is 9.38 Å². The van der Waals surface area contributed by atoms with Crippen LogP contribution in [0, 0.1) is 5.82 Å². The summed E-state index contributed by atoms with van der Waals surface area (Å²) in [6.07, 6.45) is -5.96. The molecule has 0 aromatic heterocycles. The minimum atomic E-state index is -4.66. The van der Waals surface area contributed by atoms with Crippen LogP contribution in [0.1, 0.15) is 24.3 Å². The van der Waals surface area contributed by atoms with Gasteiger partial charge in [0, 0.05) is 50.4 Å². The first kappa shape index (κ1) is 28.1. The molecule has 2 aliphatic heterocycles. The number of nitrogens with zero attached hydrogens (tertiary/aromatic N) is 4. The van der Waals surface area contributed by atoms with E-state index in [2.05, 4.69) is 9.89 Å². The molecule has 3 aromatic carbocycles. The topological polar surface area (TPSA) is 66.8 Å². The molecule has 5 rings (SSSR count). The average Bonchev–Trinajstić information content (AvgIpc) is 2.96. The SMILES string of the molecule is COc1cccc(N2CCN(C3=Nc4c(F)cccc4C(OC(C)=O)N3c3cc(C(F)(F)F)ccc3OC)CC2)c1. The Hall–Kier alpha value is -4.48. The van der Waals surface area contributed by atoms with Crippen molar-refractivity contribution in [2.24, 2.45) is 4.99 Å². The van der Waals surface area contributed by atoms with E-state index in [4.69, 9.17) is 14.2 Å². The number of benzene rings is 3. The van der Waals surface area contributed by atoms with Gasteiger partial charge in [0.25, 0.3) is 0 Å². The van der Waals surface area contributed by atoms with Gasteiger partial charge in [0.1, 0.15) is 23.0 Å². The summed E-state index contributed by atoms with van der Waals surface area (Å²) in [5.74, 6) is -0.414. The van der Waals surface area contributed by atoms with Crippen LogP contribution in [0.4, 0.5) is 34.6 Å². The lowest BCUT2D eigenvalue weighted by Crippen LogP contribution is -2.55. The second-order valence-electron chi connectivity index (χ2n) is 9.48. The van der Waals surface area contributed by atoms with Crippen LogP contribution in [0.2, 0.25) is 0 Å². The molecule has 0 radical (unpaired) electrons. The quantitative estimate of drug-likeness (QED) is 0.285. The third kappa shape index (κ3) is 5.59. The third-order valence-electron chi connectivity index (χ3n) is 6.97. The Labute approximate surface area is 234 Å². The van der Waals surface area contributed by atoms with E-state index < -0.39 is 29.8 Å². The average molecular weight is 573 g/mol. The van der Waals surface area contributed by atoms with E-state index in [9.17, 15) is 18.0 Å². The molecule has 41 heavy (non-hydrogen) atoms. The molecular weight excluding hydrogens is 544 g/mol. The minimum absolute atomic E-state index is 0.0301. The number of para-hydroxylation sites is 1. The van der Waals surface area contributed by atoms with Crippen molar-refractivity contribution in [3.63, 3.8) is 0 Å². The molecule has 0 spiro atoms. The van der Waals surface area contributed by atoms with E-state index >= 15 is 4.39 Å². The van der Waals surface area contributed by atoms with Gasteiger partial charge >= 0.3 is 12.1 Å². The molecule has 0 N–H and O–H groups in total. The number of hydrogen-bond acceptors (Lipinski definition) is 8. The molecule has 8 nitrogen and oxygen atoms in total. The number of anilines is 2. The number of carbonyl (C=O) groups is 1. The van der Waals surface area contributed by atoms with E-state index in [1.807, 2.05) is 29.2 Å². The van der Waals surface area contributed by atoms with Crippen LogP contribution in [0.3, 0.4) is 0 Å². The standard InChI is InChI=1S/C29H28F4N4O4/c1-18(38)41-27-22-8-5-9-23(30)26(22)34-28(37(27)24-16-19(29(31,32)33)10-11-25(24)40-3)36-14-12-35(13-15-36)20-6-4-7-21(17-20)39-2/h4-11,16-17,27H,12-15H2,1-3H3. The van der Waals surface area contributed by atoms with Gasteiger partial charge in [-0.15, -0.1) is 0 Å².